The molecular weight excluding hydrogens is 357 g/mol. The molecule has 1 aliphatic heterocycles. The number of hydrogen-bond acceptors (Lipinski definition) is 4. The van der Waals surface area contributed by atoms with Crippen LogP contribution in [-0.4, -0.2) is 37.2 Å². The maximum Gasteiger partial charge on any atom is 0.338 e. The van der Waals surface area contributed by atoms with Crippen molar-refractivity contribution < 1.29 is 27.0 Å². The molecule has 1 unspecified atom stereocenters. The van der Waals surface area contributed by atoms with E-state index in [0.717, 1.165) is 4.90 Å². The minimum atomic E-state index is -4.84. The largest absolute Gasteiger partial charge is 0.478 e. The van der Waals surface area contributed by atoms with Crippen LogP contribution in [0.25, 0.3) is 0 Å². The van der Waals surface area contributed by atoms with Gasteiger partial charge in [-0.2, -0.15) is 8.42 Å². The highest BCUT2D eigenvalue weighted by Gasteiger charge is 2.40. The fourth-order valence-corrected chi connectivity index (χ4v) is 3.24. The van der Waals surface area contributed by atoms with E-state index in [1.165, 1.54) is 18.2 Å². The zero-order chi connectivity index (χ0) is 15.1. The number of benzene rings is 1. The summed E-state index contributed by atoms with van der Waals surface area (Å²) in [5.41, 5.74) is -0.124. The van der Waals surface area contributed by atoms with Gasteiger partial charge >= 0.3 is 16.2 Å². The first-order valence-electron chi connectivity index (χ1n) is 5.47. The molecule has 2 rings (SSSR count). The van der Waals surface area contributed by atoms with E-state index in [-0.39, 0.29) is 15.7 Å². The fourth-order valence-electron chi connectivity index (χ4n) is 2.05. The van der Waals surface area contributed by atoms with Gasteiger partial charge in [0.25, 0.3) is 0 Å². The van der Waals surface area contributed by atoms with E-state index in [0.29, 0.717) is 0 Å². The summed E-state index contributed by atoms with van der Waals surface area (Å²) in [5.74, 6) is -1.90. The van der Waals surface area contributed by atoms with Crippen molar-refractivity contribution >= 4 is 43.7 Å². The van der Waals surface area contributed by atoms with Crippen molar-refractivity contribution in [3.05, 3.63) is 28.2 Å². The van der Waals surface area contributed by atoms with E-state index < -0.39 is 40.3 Å². The molecule has 1 aromatic rings. The molecule has 1 aliphatic rings. The van der Waals surface area contributed by atoms with E-state index in [4.69, 9.17) is 5.11 Å². The van der Waals surface area contributed by atoms with Crippen LogP contribution in [0.5, 0.6) is 0 Å². The number of carboxylic acids is 1. The standard InChI is InChI=1S/C11H9BrFNO5S/c12-7-2-1-3-8(10(7)11(16)17)14-5-6(4-9(14)15)20(13,18)19/h1-3,6H,4-5H2,(H,16,17). The Morgan fingerprint density at radius 1 is 1.45 bits per heavy atom. The van der Waals surface area contributed by atoms with Crippen LogP contribution in [0.4, 0.5) is 9.57 Å². The second kappa shape index (κ2) is 5.13. The van der Waals surface area contributed by atoms with E-state index >= 15 is 0 Å². The van der Waals surface area contributed by atoms with Gasteiger partial charge in [-0.3, -0.25) is 4.79 Å². The first-order valence-corrected chi connectivity index (χ1v) is 7.71. The topological polar surface area (TPSA) is 91.8 Å². The highest BCUT2D eigenvalue weighted by molar-refractivity contribution is 9.10. The van der Waals surface area contributed by atoms with E-state index in [9.17, 15) is 21.9 Å². The molecule has 0 saturated carbocycles. The molecule has 1 atom stereocenters. The summed E-state index contributed by atoms with van der Waals surface area (Å²) in [6, 6.07) is 4.37. The van der Waals surface area contributed by atoms with Crippen molar-refractivity contribution in [1.82, 2.24) is 0 Å². The summed E-state index contributed by atoms with van der Waals surface area (Å²) in [6.45, 7) is -0.394. The van der Waals surface area contributed by atoms with Gasteiger partial charge in [0.05, 0.1) is 11.3 Å². The van der Waals surface area contributed by atoms with Gasteiger partial charge in [0.1, 0.15) is 5.25 Å². The molecule has 1 N–H and O–H groups in total. The van der Waals surface area contributed by atoms with Gasteiger partial charge in [0, 0.05) is 17.4 Å². The van der Waals surface area contributed by atoms with Crippen molar-refractivity contribution in [2.75, 3.05) is 11.4 Å². The summed E-state index contributed by atoms with van der Waals surface area (Å²) in [5, 5.41) is 7.70. The molecule has 1 saturated heterocycles. The Morgan fingerprint density at radius 3 is 2.60 bits per heavy atom. The molecule has 1 amide bonds. The number of rotatable bonds is 3. The lowest BCUT2D eigenvalue weighted by Crippen LogP contribution is -2.28. The maximum absolute atomic E-state index is 13.0. The molecule has 0 radical (unpaired) electrons. The van der Waals surface area contributed by atoms with E-state index in [1.807, 2.05) is 0 Å². The number of carboxylic acid groups (broad SMARTS) is 1. The number of carbonyl (C=O) groups excluding carboxylic acids is 1. The number of anilines is 1. The average Bonchev–Trinajstić information content (AvgIpc) is 2.70. The Kier molecular flexibility index (Phi) is 3.83. The Morgan fingerprint density at radius 2 is 2.10 bits per heavy atom. The number of amides is 1. The third-order valence-electron chi connectivity index (χ3n) is 2.98. The van der Waals surface area contributed by atoms with Gasteiger partial charge in [-0.05, 0) is 28.1 Å². The van der Waals surface area contributed by atoms with E-state index in [2.05, 4.69) is 15.9 Å². The minimum absolute atomic E-state index is 0.0445. The number of nitrogens with zero attached hydrogens (tertiary/aromatic N) is 1. The van der Waals surface area contributed by atoms with E-state index in [1.54, 1.807) is 0 Å². The normalized spacial score (nSPS) is 19.4. The third-order valence-corrected chi connectivity index (χ3v) is 4.76. The third kappa shape index (κ3) is 2.68. The molecule has 0 bridgehead atoms. The van der Waals surface area contributed by atoms with Crippen molar-refractivity contribution in [1.29, 1.82) is 0 Å². The lowest BCUT2D eigenvalue weighted by atomic mass is 10.1. The van der Waals surface area contributed by atoms with Crippen LogP contribution in [0.1, 0.15) is 16.8 Å². The quantitative estimate of drug-likeness (QED) is 0.820. The van der Waals surface area contributed by atoms with Gasteiger partial charge in [-0.25, -0.2) is 4.79 Å². The summed E-state index contributed by atoms with van der Waals surface area (Å²) < 4.78 is 35.0. The predicted octanol–water partition coefficient (Wildman–Crippen LogP) is 1.55. The van der Waals surface area contributed by atoms with Crippen molar-refractivity contribution in [3.63, 3.8) is 0 Å². The number of carbonyl (C=O) groups is 2. The molecule has 1 heterocycles. The van der Waals surface area contributed by atoms with Crippen LogP contribution in [0.15, 0.2) is 22.7 Å². The Labute approximate surface area is 122 Å². The van der Waals surface area contributed by atoms with Crippen LogP contribution in [0.3, 0.4) is 0 Å². The molecule has 0 spiro atoms. The van der Waals surface area contributed by atoms with Crippen molar-refractivity contribution in [3.8, 4) is 0 Å². The highest BCUT2D eigenvalue weighted by Crippen LogP contribution is 2.32. The number of halogens is 2. The van der Waals surface area contributed by atoms with Crippen LogP contribution < -0.4 is 4.90 Å². The molecule has 1 aromatic carbocycles. The second-order valence-corrected chi connectivity index (χ2v) is 6.72. The maximum atomic E-state index is 13.0. The van der Waals surface area contributed by atoms with Gasteiger partial charge in [-0.1, -0.05) is 6.07 Å². The predicted molar refractivity (Wildman–Crippen MR) is 71.9 cm³/mol. The fraction of sp³-hybridized carbons (Fsp3) is 0.273. The van der Waals surface area contributed by atoms with Gasteiger partial charge in [-0.15, -0.1) is 3.89 Å². The van der Waals surface area contributed by atoms with Crippen LogP contribution in [0.2, 0.25) is 0 Å². The summed E-state index contributed by atoms with van der Waals surface area (Å²) >= 11 is 3.06. The molecule has 20 heavy (non-hydrogen) atoms. The Balaban J connectivity index is 2.46. The highest BCUT2D eigenvalue weighted by atomic mass is 79.9. The van der Waals surface area contributed by atoms with Gasteiger partial charge < -0.3 is 10.0 Å². The molecule has 0 aromatic heterocycles. The van der Waals surface area contributed by atoms with Gasteiger partial charge in [0.15, 0.2) is 0 Å². The first-order chi connectivity index (χ1) is 9.21. The molecular formula is C11H9BrFNO5S. The summed E-state index contributed by atoms with van der Waals surface area (Å²) in [6.07, 6.45) is -0.496. The van der Waals surface area contributed by atoms with Crippen LogP contribution in [0, 0.1) is 0 Å². The zero-order valence-corrected chi connectivity index (χ0v) is 12.3. The molecule has 9 heteroatoms. The minimum Gasteiger partial charge on any atom is -0.478 e. The van der Waals surface area contributed by atoms with Crippen molar-refractivity contribution in [2.24, 2.45) is 0 Å². The number of aromatic carboxylic acids is 1. The molecule has 108 valence electrons. The first kappa shape index (κ1) is 14.9. The lowest BCUT2D eigenvalue weighted by molar-refractivity contribution is -0.117. The summed E-state index contributed by atoms with van der Waals surface area (Å²) in [4.78, 5) is 24.0. The van der Waals surface area contributed by atoms with Gasteiger partial charge in [0.2, 0.25) is 5.91 Å². The second-order valence-electron chi connectivity index (χ2n) is 4.25. The molecule has 6 nitrogen and oxygen atoms in total. The Hall–Kier alpha value is -1.48. The smallest absolute Gasteiger partial charge is 0.338 e. The Bertz CT molecular complexity index is 690. The monoisotopic (exact) mass is 365 g/mol. The van der Waals surface area contributed by atoms with Crippen LogP contribution in [-0.2, 0) is 15.0 Å². The molecule has 1 fully saturated rings. The molecule has 0 aliphatic carbocycles. The average molecular weight is 366 g/mol. The SMILES string of the molecule is O=C(O)c1c(Br)cccc1N1CC(S(=O)(=O)F)CC1=O. The number of hydrogen-bond donors (Lipinski definition) is 1. The zero-order valence-electron chi connectivity index (χ0n) is 9.92. The van der Waals surface area contributed by atoms with Crippen molar-refractivity contribution in [2.45, 2.75) is 11.7 Å². The summed E-state index contributed by atoms with van der Waals surface area (Å²) in [7, 11) is -4.84. The lowest BCUT2D eigenvalue weighted by Gasteiger charge is -2.19. The van der Waals surface area contributed by atoms with Crippen LogP contribution >= 0.6 is 15.9 Å².